The summed E-state index contributed by atoms with van der Waals surface area (Å²) in [4.78, 5) is 15.7. The normalized spacial score (nSPS) is 12.3. The van der Waals surface area contributed by atoms with Crippen molar-refractivity contribution >= 4 is 29.1 Å². The lowest BCUT2D eigenvalue weighted by Gasteiger charge is -2.12. The van der Waals surface area contributed by atoms with Gasteiger partial charge in [-0.25, -0.2) is 14.5 Å². The molecule has 0 aliphatic heterocycles. The fraction of sp³-hybridized carbons (Fsp3) is 0.267. The molecule has 25 heavy (non-hydrogen) atoms. The van der Waals surface area contributed by atoms with Crippen molar-refractivity contribution in [3.05, 3.63) is 41.7 Å². The van der Waals surface area contributed by atoms with Crippen LogP contribution in [0.15, 0.2) is 35.5 Å². The average molecular weight is 375 g/mol. The van der Waals surface area contributed by atoms with Crippen LogP contribution in [0.1, 0.15) is 23.0 Å². The summed E-state index contributed by atoms with van der Waals surface area (Å²) in [5.74, 6) is -0.881. The number of alkyl halides is 4. The Hall–Kier alpha value is -2.55. The predicted molar refractivity (Wildman–Crippen MR) is 86.5 cm³/mol. The second kappa shape index (κ2) is 7.56. The van der Waals surface area contributed by atoms with E-state index in [0.29, 0.717) is 10.4 Å². The highest BCUT2D eigenvalue weighted by atomic mass is 35.5. The first kappa shape index (κ1) is 18.8. The Bertz CT molecular complexity index is 785. The smallest absolute Gasteiger partial charge is 0.434 e. The molecular weight excluding hydrogens is 361 g/mol. The zero-order valence-electron chi connectivity index (χ0n) is 13.0. The molecule has 0 saturated carbocycles. The molecule has 0 amide bonds. The third-order valence-corrected chi connectivity index (χ3v) is 3.31. The number of ether oxygens (including phenoxy) is 1. The number of rotatable bonds is 5. The Morgan fingerprint density at radius 3 is 2.52 bits per heavy atom. The summed E-state index contributed by atoms with van der Waals surface area (Å²) in [5.41, 5.74) is 4.17. The fourth-order valence-electron chi connectivity index (χ4n) is 2.04. The number of hydrogen-bond acceptors (Lipinski definition) is 4. The number of halogens is 4. The number of amidine groups is 1. The van der Waals surface area contributed by atoms with Gasteiger partial charge in [-0.05, 0) is 31.2 Å². The quantitative estimate of drug-likeness (QED) is 0.377. The summed E-state index contributed by atoms with van der Waals surface area (Å²) >= 11 is 5.52. The fourth-order valence-corrected chi connectivity index (χ4v) is 2.10. The zero-order chi connectivity index (χ0) is 18.6. The van der Waals surface area contributed by atoms with Gasteiger partial charge in [0.1, 0.15) is 11.4 Å². The highest BCUT2D eigenvalue weighted by Crippen LogP contribution is 2.34. The van der Waals surface area contributed by atoms with Crippen molar-refractivity contribution in [2.24, 2.45) is 10.7 Å². The molecule has 0 aliphatic rings. The van der Waals surface area contributed by atoms with Crippen LogP contribution in [0, 0.1) is 0 Å². The minimum Gasteiger partial charge on any atom is -0.462 e. The summed E-state index contributed by atoms with van der Waals surface area (Å²) in [6.07, 6.45) is -3.96. The van der Waals surface area contributed by atoms with Crippen LogP contribution in [-0.4, -0.2) is 34.1 Å². The van der Waals surface area contributed by atoms with Crippen LogP contribution in [0.2, 0.25) is 0 Å². The third kappa shape index (κ3) is 4.30. The standard InChI is InChI=1S/C15H14ClF3N4O2/c1-2-25-14(24)11-8-21-23(13(11)15(17,18)19)10-5-3-9(4-6-10)22-12(20)7-16/h3-6,8H,2,7H2,1H3,(H2,20,22). The van der Waals surface area contributed by atoms with Gasteiger partial charge in [0, 0.05) is 0 Å². The van der Waals surface area contributed by atoms with Crippen molar-refractivity contribution in [1.29, 1.82) is 0 Å². The van der Waals surface area contributed by atoms with Crippen LogP contribution in [0.25, 0.3) is 5.69 Å². The topological polar surface area (TPSA) is 82.5 Å². The van der Waals surface area contributed by atoms with E-state index >= 15 is 0 Å². The Kier molecular flexibility index (Phi) is 5.68. The number of benzene rings is 1. The van der Waals surface area contributed by atoms with E-state index in [0.717, 1.165) is 6.20 Å². The maximum Gasteiger partial charge on any atom is 0.434 e. The summed E-state index contributed by atoms with van der Waals surface area (Å²) in [6.45, 7) is 1.46. The van der Waals surface area contributed by atoms with Crippen LogP contribution < -0.4 is 5.73 Å². The molecule has 1 aromatic carbocycles. The van der Waals surface area contributed by atoms with Gasteiger partial charge in [0.15, 0.2) is 5.69 Å². The number of carbonyl (C=O) groups excluding carboxylic acids is 1. The third-order valence-electron chi connectivity index (χ3n) is 3.04. The molecule has 2 rings (SSSR count). The molecule has 2 aromatic rings. The minimum absolute atomic E-state index is 0.0298. The van der Waals surface area contributed by atoms with Gasteiger partial charge in [-0.15, -0.1) is 11.6 Å². The molecule has 0 unspecified atom stereocenters. The van der Waals surface area contributed by atoms with Crippen molar-refractivity contribution in [3.8, 4) is 5.69 Å². The molecule has 0 spiro atoms. The molecule has 0 atom stereocenters. The van der Waals surface area contributed by atoms with Gasteiger partial charge in [0.25, 0.3) is 0 Å². The molecule has 0 saturated heterocycles. The maximum atomic E-state index is 13.4. The summed E-state index contributed by atoms with van der Waals surface area (Å²) < 4.78 is 45.5. The number of hydrogen-bond donors (Lipinski definition) is 1. The number of esters is 1. The molecular formula is C15H14ClF3N4O2. The van der Waals surface area contributed by atoms with Gasteiger partial charge in [0.2, 0.25) is 0 Å². The lowest BCUT2D eigenvalue weighted by molar-refractivity contribution is -0.143. The van der Waals surface area contributed by atoms with Crippen LogP contribution in [0.3, 0.4) is 0 Å². The van der Waals surface area contributed by atoms with Crippen LogP contribution in [-0.2, 0) is 10.9 Å². The second-order valence-electron chi connectivity index (χ2n) is 4.79. The summed E-state index contributed by atoms with van der Waals surface area (Å²) in [7, 11) is 0. The van der Waals surface area contributed by atoms with Gasteiger partial charge in [-0.3, -0.25) is 0 Å². The lowest BCUT2D eigenvalue weighted by atomic mass is 10.2. The number of carbonyl (C=O) groups is 1. The predicted octanol–water partition coefficient (Wildman–Crippen LogP) is 3.30. The minimum atomic E-state index is -4.79. The van der Waals surface area contributed by atoms with E-state index in [2.05, 4.69) is 14.8 Å². The van der Waals surface area contributed by atoms with Gasteiger partial charge in [0.05, 0.1) is 30.1 Å². The number of aliphatic imine (C=N–C) groups is 1. The van der Waals surface area contributed by atoms with Crippen molar-refractivity contribution in [3.63, 3.8) is 0 Å². The van der Waals surface area contributed by atoms with E-state index in [1.807, 2.05) is 0 Å². The SMILES string of the molecule is CCOC(=O)c1cnn(-c2ccc(N=C(N)CCl)cc2)c1C(F)(F)F. The molecule has 0 bridgehead atoms. The van der Waals surface area contributed by atoms with E-state index in [1.54, 1.807) is 0 Å². The van der Waals surface area contributed by atoms with Crippen LogP contribution in [0.5, 0.6) is 0 Å². The largest absolute Gasteiger partial charge is 0.462 e. The molecule has 10 heteroatoms. The first-order valence-electron chi connectivity index (χ1n) is 7.09. The molecule has 1 aromatic heterocycles. The molecule has 2 N–H and O–H groups in total. The molecule has 0 radical (unpaired) electrons. The maximum absolute atomic E-state index is 13.4. The van der Waals surface area contributed by atoms with Crippen molar-refractivity contribution < 1.29 is 22.7 Å². The van der Waals surface area contributed by atoms with Crippen molar-refractivity contribution in [1.82, 2.24) is 9.78 Å². The molecule has 0 aliphatic carbocycles. The van der Waals surface area contributed by atoms with E-state index < -0.39 is 23.4 Å². The lowest BCUT2D eigenvalue weighted by Crippen LogP contribution is -2.18. The van der Waals surface area contributed by atoms with Crippen molar-refractivity contribution in [2.45, 2.75) is 13.1 Å². The van der Waals surface area contributed by atoms with Gasteiger partial charge < -0.3 is 10.5 Å². The summed E-state index contributed by atoms with van der Waals surface area (Å²) in [5, 5.41) is 3.68. The Morgan fingerprint density at radius 2 is 2.00 bits per heavy atom. The monoisotopic (exact) mass is 374 g/mol. The second-order valence-corrected chi connectivity index (χ2v) is 5.06. The molecule has 6 nitrogen and oxygen atoms in total. The molecule has 1 heterocycles. The Balaban J connectivity index is 2.47. The number of aromatic nitrogens is 2. The van der Waals surface area contributed by atoms with Crippen LogP contribution in [0.4, 0.5) is 18.9 Å². The van der Waals surface area contributed by atoms with Gasteiger partial charge in [-0.2, -0.15) is 18.3 Å². The Morgan fingerprint density at radius 1 is 1.36 bits per heavy atom. The average Bonchev–Trinajstić information content (AvgIpc) is 3.01. The highest BCUT2D eigenvalue weighted by Gasteiger charge is 2.41. The van der Waals surface area contributed by atoms with E-state index in [-0.39, 0.29) is 24.0 Å². The molecule has 134 valence electrons. The first-order valence-corrected chi connectivity index (χ1v) is 7.63. The van der Waals surface area contributed by atoms with Gasteiger partial charge in [-0.1, -0.05) is 0 Å². The summed E-state index contributed by atoms with van der Waals surface area (Å²) in [6, 6.07) is 5.66. The van der Waals surface area contributed by atoms with E-state index in [1.165, 1.54) is 31.2 Å². The van der Waals surface area contributed by atoms with Crippen LogP contribution >= 0.6 is 11.6 Å². The van der Waals surface area contributed by atoms with Crippen molar-refractivity contribution in [2.75, 3.05) is 12.5 Å². The highest BCUT2D eigenvalue weighted by molar-refractivity contribution is 6.28. The zero-order valence-corrected chi connectivity index (χ0v) is 13.8. The number of nitrogens with two attached hydrogens (primary N) is 1. The Labute approximate surface area is 146 Å². The van der Waals surface area contributed by atoms with E-state index in [9.17, 15) is 18.0 Å². The molecule has 0 fully saturated rings. The number of nitrogens with zero attached hydrogens (tertiary/aromatic N) is 3. The van der Waals surface area contributed by atoms with E-state index in [4.69, 9.17) is 17.3 Å². The van der Waals surface area contributed by atoms with Gasteiger partial charge >= 0.3 is 12.1 Å². The first-order chi connectivity index (χ1) is 11.8.